The number of nitrogens with zero attached hydrogens (tertiary/aromatic N) is 1. The Labute approximate surface area is 146 Å². The van der Waals surface area contributed by atoms with E-state index in [1.807, 2.05) is 17.0 Å². The van der Waals surface area contributed by atoms with Crippen LogP contribution in [0.4, 0.5) is 4.79 Å². The molecule has 2 fully saturated rings. The zero-order chi connectivity index (χ0) is 16.2. The van der Waals surface area contributed by atoms with Crippen LogP contribution in [-0.4, -0.2) is 35.7 Å². The summed E-state index contributed by atoms with van der Waals surface area (Å²) in [5.41, 5.74) is 1.19. The molecule has 0 bridgehead atoms. The van der Waals surface area contributed by atoms with Crippen molar-refractivity contribution in [2.24, 2.45) is 11.8 Å². The van der Waals surface area contributed by atoms with Gasteiger partial charge in [-0.1, -0.05) is 34.5 Å². The fourth-order valence-electron chi connectivity index (χ4n) is 3.46. The number of urea groups is 1. The topological polar surface area (TPSA) is 52.6 Å². The lowest BCUT2D eigenvalue weighted by Gasteiger charge is -2.37. The van der Waals surface area contributed by atoms with Crippen LogP contribution >= 0.6 is 15.9 Å². The molecule has 1 saturated heterocycles. The van der Waals surface area contributed by atoms with Crippen LogP contribution < -0.4 is 5.32 Å². The zero-order valence-corrected chi connectivity index (χ0v) is 15.0. The summed E-state index contributed by atoms with van der Waals surface area (Å²) in [7, 11) is 0. The molecule has 1 aromatic carbocycles. The Kier molecular flexibility index (Phi) is 5.59. The van der Waals surface area contributed by atoms with E-state index in [9.17, 15) is 9.90 Å². The highest BCUT2D eigenvalue weighted by atomic mass is 79.9. The number of likely N-dealkylation sites (tertiary alicyclic amines) is 1. The average Bonchev–Trinajstić information content (AvgIpc) is 2.53. The normalized spacial score (nSPS) is 20.9. The monoisotopic (exact) mass is 380 g/mol. The van der Waals surface area contributed by atoms with E-state index in [1.54, 1.807) is 0 Å². The first kappa shape index (κ1) is 16.8. The molecule has 1 aliphatic heterocycles. The molecule has 3 rings (SSSR count). The predicted molar refractivity (Wildman–Crippen MR) is 94.1 cm³/mol. The van der Waals surface area contributed by atoms with E-state index in [1.165, 1.54) is 24.8 Å². The van der Waals surface area contributed by atoms with E-state index in [0.29, 0.717) is 11.8 Å². The number of halogens is 1. The van der Waals surface area contributed by atoms with E-state index in [-0.39, 0.29) is 18.7 Å². The van der Waals surface area contributed by atoms with Gasteiger partial charge in [0.2, 0.25) is 0 Å². The molecule has 1 aliphatic carbocycles. The van der Waals surface area contributed by atoms with Crippen LogP contribution in [0.25, 0.3) is 0 Å². The van der Waals surface area contributed by atoms with Gasteiger partial charge in [-0.2, -0.15) is 0 Å². The van der Waals surface area contributed by atoms with Crippen molar-refractivity contribution < 1.29 is 9.90 Å². The van der Waals surface area contributed by atoms with Crippen LogP contribution in [-0.2, 0) is 0 Å². The molecular formula is C18H25BrN2O2. The van der Waals surface area contributed by atoms with E-state index < -0.39 is 0 Å². The van der Waals surface area contributed by atoms with Gasteiger partial charge >= 0.3 is 6.03 Å². The Morgan fingerprint density at radius 1 is 1.22 bits per heavy atom. The number of aliphatic hydroxyl groups excluding tert-OH is 1. The van der Waals surface area contributed by atoms with Gasteiger partial charge in [0.05, 0.1) is 6.04 Å². The minimum atomic E-state index is 0.0428. The Morgan fingerprint density at radius 2 is 1.87 bits per heavy atom. The molecule has 0 aromatic heterocycles. The molecule has 4 nitrogen and oxygen atoms in total. The highest BCUT2D eigenvalue weighted by Gasteiger charge is 2.31. The Morgan fingerprint density at radius 3 is 2.39 bits per heavy atom. The van der Waals surface area contributed by atoms with Gasteiger partial charge in [0, 0.05) is 24.2 Å². The minimum absolute atomic E-state index is 0.0428. The molecule has 126 valence electrons. The molecule has 0 radical (unpaired) electrons. The van der Waals surface area contributed by atoms with Crippen molar-refractivity contribution in [1.82, 2.24) is 10.2 Å². The lowest BCUT2D eigenvalue weighted by atomic mass is 9.77. The van der Waals surface area contributed by atoms with Crippen LogP contribution in [0.2, 0.25) is 0 Å². The molecule has 1 saturated carbocycles. The molecule has 5 heteroatoms. The Hall–Kier alpha value is -1.07. The smallest absolute Gasteiger partial charge is 0.317 e. The SMILES string of the molecule is O=C(N[C@H](c1ccc(Br)cc1)C1CCC1)N1CCC(CO)CC1. The zero-order valence-electron chi connectivity index (χ0n) is 13.4. The van der Waals surface area contributed by atoms with Crippen LogP contribution in [0.5, 0.6) is 0 Å². The number of nitrogens with one attached hydrogen (secondary N) is 1. The van der Waals surface area contributed by atoms with Gasteiger partial charge in [-0.25, -0.2) is 4.79 Å². The molecular weight excluding hydrogens is 356 g/mol. The quantitative estimate of drug-likeness (QED) is 0.836. The van der Waals surface area contributed by atoms with Crippen molar-refractivity contribution in [3.05, 3.63) is 34.3 Å². The van der Waals surface area contributed by atoms with Crippen molar-refractivity contribution in [2.45, 2.75) is 38.1 Å². The number of aliphatic hydroxyl groups is 1. The molecule has 1 atom stereocenters. The summed E-state index contributed by atoms with van der Waals surface area (Å²) in [5, 5.41) is 12.5. The number of hydrogen-bond acceptors (Lipinski definition) is 2. The van der Waals surface area contributed by atoms with Crippen molar-refractivity contribution >= 4 is 22.0 Å². The Bertz CT molecular complexity index is 522. The number of benzene rings is 1. The molecule has 1 heterocycles. The van der Waals surface area contributed by atoms with Gasteiger partial charge in [0.15, 0.2) is 0 Å². The van der Waals surface area contributed by atoms with Crippen LogP contribution in [0.1, 0.15) is 43.7 Å². The molecule has 0 spiro atoms. The van der Waals surface area contributed by atoms with Crippen molar-refractivity contribution in [1.29, 1.82) is 0 Å². The van der Waals surface area contributed by atoms with Gasteiger partial charge in [-0.15, -0.1) is 0 Å². The van der Waals surface area contributed by atoms with Crippen LogP contribution in [0.3, 0.4) is 0 Å². The first-order chi connectivity index (χ1) is 11.2. The fraction of sp³-hybridized carbons (Fsp3) is 0.611. The van der Waals surface area contributed by atoms with E-state index in [0.717, 1.165) is 30.4 Å². The first-order valence-corrected chi connectivity index (χ1v) is 9.38. The molecule has 1 aromatic rings. The van der Waals surface area contributed by atoms with Crippen molar-refractivity contribution in [3.63, 3.8) is 0 Å². The van der Waals surface area contributed by atoms with Gasteiger partial charge in [-0.3, -0.25) is 0 Å². The van der Waals surface area contributed by atoms with Crippen molar-refractivity contribution in [2.75, 3.05) is 19.7 Å². The second kappa shape index (κ2) is 7.67. The summed E-state index contributed by atoms with van der Waals surface area (Å²) in [6, 6.07) is 8.44. The molecule has 0 unspecified atom stereocenters. The predicted octanol–water partition coefficient (Wildman–Crippen LogP) is 3.70. The van der Waals surface area contributed by atoms with E-state index in [4.69, 9.17) is 0 Å². The third kappa shape index (κ3) is 4.07. The second-order valence-electron chi connectivity index (χ2n) is 6.78. The largest absolute Gasteiger partial charge is 0.396 e. The number of amides is 2. The average molecular weight is 381 g/mol. The lowest BCUT2D eigenvalue weighted by molar-refractivity contribution is 0.130. The molecule has 2 N–H and O–H groups in total. The number of carbonyl (C=O) groups is 1. The summed E-state index contributed by atoms with van der Waals surface area (Å²) in [6.45, 7) is 1.72. The Balaban J connectivity index is 1.64. The number of carbonyl (C=O) groups excluding carboxylic acids is 1. The summed E-state index contributed by atoms with van der Waals surface area (Å²) >= 11 is 3.47. The minimum Gasteiger partial charge on any atom is -0.396 e. The third-order valence-corrected chi connectivity index (χ3v) is 5.82. The summed E-state index contributed by atoms with van der Waals surface area (Å²) in [6.07, 6.45) is 5.43. The molecule has 23 heavy (non-hydrogen) atoms. The lowest BCUT2D eigenvalue weighted by Crippen LogP contribution is -2.47. The standard InChI is InChI=1S/C18H25BrN2O2/c19-16-6-4-15(5-7-16)17(14-2-1-3-14)20-18(23)21-10-8-13(12-22)9-11-21/h4-7,13-14,17,22H,1-3,8-12H2,(H,20,23)/t17-/m0/s1. The molecule has 2 amide bonds. The number of rotatable bonds is 4. The van der Waals surface area contributed by atoms with Crippen LogP contribution in [0, 0.1) is 11.8 Å². The highest BCUT2D eigenvalue weighted by molar-refractivity contribution is 9.10. The maximum Gasteiger partial charge on any atom is 0.317 e. The van der Waals surface area contributed by atoms with Gasteiger partial charge in [0.25, 0.3) is 0 Å². The van der Waals surface area contributed by atoms with E-state index in [2.05, 4.69) is 33.4 Å². The third-order valence-electron chi connectivity index (χ3n) is 5.29. The van der Waals surface area contributed by atoms with Crippen LogP contribution in [0.15, 0.2) is 28.7 Å². The maximum absolute atomic E-state index is 12.6. The summed E-state index contributed by atoms with van der Waals surface area (Å²) in [4.78, 5) is 14.5. The second-order valence-corrected chi connectivity index (χ2v) is 7.70. The number of hydrogen-bond donors (Lipinski definition) is 2. The fourth-order valence-corrected chi connectivity index (χ4v) is 3.72. The highest BCUT2D eigenvalue weighted by Crippen LogP contribution is 2.38. The van der Waals surface area contributed by atoms with Crippen molar-refractivity contribution in [3.8, 4) is 0 Å². The molecule has 2 aliphatic rings. The van der Waals surface area contributed by atoms with Gasteiger partial charge in [0.1, 0.15) is 0 Å². The number of piperidine rings is 1. The summed E-state index contributed by atoms with van der Waals surface area (Å²) in [5.74, 6) is 0.906. The first-order valence-electron chi connectivity index (χ1n) is 8.59. The maximum atomic E-state index is 12.6. The summed E-state index contributed by atoms with van der Waals surface area (Å²) < 4.78 is 1.06. The van der Waals surface area contributed by atoms with Gasteiger partial charge in [-0.05, 0) is 55.2 Å². The van der Waals surface area contributed by atoms with E-state index >= 15 is 0 Å². The van der Waals surface area contributed by atoms with Gasteiger partial charge < -0.3 is 15.3 Å².